The van der Waals surface area contributed by atoms with Gasteiger partial charge in [0.05, 0.1) is 11.2 Å². The summed E-state index contributed by atoms with van der Waals surface area (Å²) in [5.41, 5.74) is 6.21. The van der Waals surface area contributed by atoms with E-state index < -0.39 is 0 Å². The molecule has 0 spiro atoms. The molecule has 2 heterocycles. The Kier molecular flexibility index (Phi) is 5.14. The van der Waals surface area contributed by atoms with Crippen LogP contribution in [-0.2, 0) is 7.05 Å². The fraction of sp³-hybridized carbons (Fsp3) is 0.0323. The fourth-order valence-electron chi connectivity index (χ4n) is 4.96. The largest absolute Gasteiger partial charge is 0.327 e. The van der Waals surface area contributed by atoms with Gasteiger partial charge in [-0.3, -0.25) is 9.36 Å². The highest BCUT2D eigenvalue weighted by Crippen LogP contribution is 2.40. The Labute approximate surface area is 213 Å². The molecule has 6 nitrogen and oxygen atoms in total. The molecule has 6 rings (SSSR count). The van der Waals surface area contributed by atoms with Crippen LogP contribution < -0.4 is 0 Å². The van der Waals surface area contributed by atoms with Crippen molar-refractivity contribution in [2.45, 2.75) is 0 Å². The third kappa shape index (κ3) is 3.40. The molecular formula is C31H19N5O. The number of aromatic nitrogens is 3. The highest BCUT2D eigenvalue weighted by atomic mass is 16.1. The van der Waals surface area contributed by atoms with Crippen molar-refractivity contribution in [2.24, 2.45) is 7.05 Å². The van der Waals surface area contributed by atoms with Gasteiger partial charge >= 0.3 is 0 Å². The van der Waals surface area contributed by atoms with Crippen LogP contribution in [-0.4, -0.2) is 19.9 Å². The lowest BCUT2D eigenvalue weighted by Crippen LogP contribution is -2.01. The van der Waals surface area contributed by atoms with Crippen LogP contribution in [0.5, 0.6) is 0 Å². The van der Waals surface area contributed by atoms with E-state index in [4.69, 9.17) is 4.98 Å². The first kappa shape index (κ1) is 22.0. The molecule has 1 aliphatic carbocycles. The third-order valence-electron chi connectivity index (χ3n) is 6.66. The van der Waals surface area contributed by atoms with Gasteiger partial charge in [-0.2, -0.15) is 10.5 Å². The summed E-state index contributed by atoms with van der Waals surface area (Å²) >= 11 is 0. The van der Waals surface area contributed by atoms with Crippen LogP contribution in [0.15, 0.2) is 102 Å². The van der Waals surface area contributed by atoms with Gasteiger partial charge in [-0.1, -0.05) is 72.8 Å². The number of Topliss-reactive ketones (excluding diaryl/α,β-unsaturated/α-hetero) is 1. The Morgan fingerprint density at radius 1 is 0.865 bits per heavy atom. The Hall–Kier alpha value is -5.46. The number of benzene rings is 3. The molecule has 0 atom stereocenters. The smallest absolute Gasteiger partial charge is 0.194 e. The quantitative estimate of drug-likeness (QED) is 0.232. The minimum Gasteiger partial charge on any atom is -0.327 e. The lowest BCUT2D eigenvalue weighted by molar-refractivity contribution is 0.104. The molecular weight excluding hydrogens is 458 g/mol. The molecule has 3 aromatic carbocycles. The molecule has 37 heavy (non-hydrogen) atoms. The molecule has 1 aliphatic rings. The van der Waals surface area contributed by atoms with Crippen LogP contribution in [0.1, 0.15) is 21.7 Å². The number of ketones is 1. The van der Waals surface area contributed by atoms with E-state index in [1.165, 1.54) is 0 Å². The van der Waals surface area contributed by atoms with E-state index in [2.05, 4.69) is 18.2 Å². The summed E-state index contributed by atoms with van der Waals surface area (Å²) < 4.78 is 4.03. The number of nitriles is 2. The second kappa shape index (κ2) is 8.64. The van der Waals surface area contributed by atoms with Crippen LogP contribution in [0.25, 0.3) is 39.8 Å². The van der Waals surface area contributed by atoms with Gasteiger partial charge in [-0.05, 0) is 35.4 Å². The number of hydrogen-bond donors (Lipinski definition) is 0. The zero-order chi connectivity index (χ0) is 25.5. The highest BCUT2D eigenvalue weighted by Gasteiger charge is 2.33. The van der Waals surface area contributed by atoms with Crippen LogP contribution in [0, 0.1) is 22.7 Å². The van der Waals surface area contributed by atoms with Crippen molar-refractivity contribution in [2.75, 3.05) is 0 Å². The average Bonchev–Trinajstić information content (AvgIpc) is 3.55. The zero-order valence-corrected chi connectivity index (χ0v) is 19.9. The minimum absolute atomic E-state index is 0.0988. The zero-order valence-electron chi connectivity index (χ0n) is 19.9. The van der Waals surface area contributed by atoms with E-state index in [9.17, 15) is 15.3 Å². The summed E-state index contributed by atoms with van der Waals surface area (Å²) in [4.78, 5) is 18.4. The molecule has 6 heteroatoms. The summed E-state index contributed by atoms with van der Waals surface area (Å²) in [6.45, 7) is 0. The Morgan fingerprint density at radius 3 is 2.16 bits per heavy atom. The summed E-state index contributed by atoms with van der Waals surface area (Å²) in [7, 11) is 1.97. The Bertz CT molecular complexity index is 1840. The predicted molar refractivity (Wildman–Crippen MR) is 142 cm³/mol. The van der Waals surface area contributed by atoms with Crippen molar-refractivity contribution in [3.8, 4) is 29.1 Å². The number of carbonyl (C=O) groups excluding carboxylic acids is 1. The summed E-state index contributed by atoms with van der Waals surface area (Å²) in [6.07, 6.45) is 1.70. The molecule has 0 N–H and O–H groups in total. The summed E-state index contributed by atoms with van der Waals surface area (Å²) in [5.74, 6) is 0.306. The standard InChI is InChI=1S/C31H19N5O/c1-35-26(20-10-4-2-5-11-20)17-27-31(35)34-28(36(27)22-12-6-3-7-13-22)16-25-29(21(18-32)19-33)23-14-8-9-15-24(23)30(25)37/h2-17H,1H3/b25-16-. The van der Waals surface area contributed by atoms with E-state index >= 15 is 0 Å². The van der Waals surface area contributed by atoms with Gasteiger partial charge in [0.2, 0.25) is 0 Å². The van der Waals surface area contributed by atoms with Gasteiger partial charge in [0, 0.05) is 29.4 Å². The molecule has 0 aliphatic heterocycles. The summed E-state index contributed by atoms with van der Waals surface area (Å²) in [5, 5.41) is 19.4. The second-order valence-corrected chi connectivity index (χ2v) is 8.71. The van der Waals surface area contributed by atoms with E-state index in [0.29, 0.717) is 22.5 Å². The number of para-hydroxylation sites is 1. The molecule has 5 aromatic rings. The number of carbonyl (C=O) groups is 1. The molecule has 0 fully saturated rings. The van der Waals surface area contributed by atoms with Crippen molar-refractivity contribution in [3.63, 3.8) is 0 Å². The van der Waals surface area contributed by atoms with Crippen molar-refractivity contribution in [1.82, 2.24) is 14.1 Å². The van der Waals surface area contributed by atoms with Crippen molar-refractivity contribution >= 4 is 28.6 Å². The number of nitrogens with zero attached hydrogens (tertiary/aromatic N) is 5. The SMILES string of the molecule is Cn1c(-c2ccccc2)cc2c1nc(/C=C1\C(=O)c3ccccc3C1=C(C#N)C#N)n2-c1ccccc1. The fourth-order valence-corrected chi connectivity index (χ4v) is 4.96. The lowest BCUT2D eigenvalue weighted by Gasteiger charge is -2.08. The first-order valence-corrected chi connectivity index (χ1v) is 11.7. The van der Waals surface area contributed by atoms with Crippen LogP contribution >= 0.6 is 0 Å². The molecule has 0 radical (unpaired) electrons. The van der Waals surface area contributed by atoms with Crippen LogP contribution in [0.2, 0.25) is 0 Å². The van der Waals surface area contributed by atoms with Crippen LogP contribution in [0.3, 0.4) is 0 Å². The average molecular weight is 478 g/mol. The molecule has 174 valence electrons. The maximum atomic E-state index is 13.5. The van der Waals surface area contributed by atoms with Gasteiger partial charge in [-0.25, -0.2) is 4.98 Å². The maximum Gasteiger partial charge on any atom is 0.194 e. The van der Waals surface area contributed by atoms with Crippen molar-refractivity contribution in [3.05, 3.63) is 119 Å². The van der Waals surface area contributed by atoms with E-state index in [1.54, 1.807) is 30.3 Å². The second-order valence-electron chi connectivity index (χ2n) is 8.71. The normalized spacial score (nSPS) is 13.5. The first-order valence-electron chi connectivity index (χ1n) is 11.7. The Morgan fingerprint density at radius 2 is 1.49 bits per heavy atom. The number of imidazole rings is 1. The van der Waals surface area contributed by atoms with Gasteiger partial charge in [0.25, 0.3) is 0 Å². The number of hydrogen-bond acceptors (Lipinski definition) is 4. The topological polar surface area (TPSA) is 87.4 Å². The van der Waals surface area contributed by atoms with E-state index in [0.717, 1.165) is 28.1 Å². The van der Waals surface area contributed by atoms with Crippen molar-refractivity contribution < 1.29 is 4.79 Å². The molecule has 0 saturated carbocycles. The number of rotatable bonds is 3. The van der Waals surface area contributed by atoms with E-state index in [1.807, 2.05) is 76.9 Å². The summed E-state index contributed by atoms with van der Waals surface area (Å²) in [6, 6.07) is 33.0. The van der Waals surface area contributed by atoms with E-state index in [-0.39, 0.29) is 16.9 Å². The molecule has 0 bridgehead atoms. The van der Waals surface area contributed by atoms with Gasteiger partial charge in [0.1, 0.15) is 23.5 Å². The number of allylic oxidation sites excluding steroid dienone is 3. The monoisotopic (exact) mass is 477 g/mol. The lowest BCUT2D eigenvalue weighted by atomic mass is 9.99. The van der Waals surface area contributed by atoms with Crippen molar-refractivity contribution in [1.29, 1.82) is 10.5 Å². The van der Waals surface area contributed by atoms with Crippen LogP contribution in [0.4, 0.5) is 0 Å². The third-order valence-corrected chi connectivity index (χ3v) is 6.66. The van der Waals surface area contributed by atoms with Gasteiger partial charge in [0.15, 0.2) is 11.4 Å². The molecule has 0 amide bonds. The Balaban J connectivity index is 1.64. The predicted octanol–water partition coefficient (Wildman–Crippen LogP) is 6.11. The molecule has 0 saturated heterocycles. The van der Waals surface area contributed by atoms with Gasteiger partial charge < -0.3 is 4.57 Å². The number of aryl methyl sites for hydroxylation is 1. The maximum absolute atomic E-state index is 13.5. The number of fused-ring (bicyclic) bond motifs is 2. The molecule has 0 unspecified atom stereocenters. The highest BCUT2D eigenvalue weighted by molar-refractivity contribution is 6.29. The molecule has 2 aromatic heterocycles. The minimum atomic E-state index is -0.231. The first-order chi connectivity index (χ1) is 18.1. The van der Waals surface area contributed by atoms with Gasteiger partial charge in [-0.15, -0.1) is 0 Å².